The van der Waals surface area contributed by atoms with E-state index in [0.29, 0.717) is 48.3 Å². The van der Waals surface area contributed by atoms with Crippen LogP contribution in [0.1, 0.15) is 44.7 Å². The maximum atomic E-state index is 13.2. The van der Waals surface area contributed by atoms with E-state index in [9.17, 15) is 9.59 Å². The van der Waals surface area contributed by atoms with Crippen molar-refractivity contribution in [3.8, 4) is 0 Å². The summed E-state index contributed by atoms with van der Waals surface area (Å²) < 4.78 is 0. The Bertz CT molecular complexity index is 840. The number of carbonyl (C=O) groups excluding carboxylic acids is 2. The second kappa shape index (κ2) is 12.0. The number of carbonyl (C=O) groups is 2. The number of nitrogens with zero attached hydrogens (tertiary/aromatic N) is 1. The highest BCUT2D eigenvalue weighted by Gasteiger charge is 2.30. The van der Waals surface area contributed by atoms with Crippen LogP contribution >= 0.6 is 23.2 Å². The molecule has 0 fully saturated rings. The first kappa shape index (κ1) is 24.2. The largest absolute Gasteiger partial charge is 0.354 e. The minimum atomic E-state index is -0.611. The fraction of sp³-hybridized carbons (Fsp3) is 0.417. The predicted molar refractivity (Wildman–Crippen MR) is 124 cm³/mol. The van der Waals surface area contributed by atoms with Crippen LogP contribution in [-0.4, -0.2) is 29.3 Å². The lowest BCUT2D eigenvalue weighted by molar-refractivity contribution is -0.141. The number of nitrogens with one attached hydrogen (secondary N) is 1. The van der Waals surface area contributed by atoms with Gasteiger partial charge in [-0.15, -0.1) is 0 Å². The van der Waals surface area contributed by atoms with E-state index in [4.69, 9.17) is 23.2 Å². The van der Waals surface area contributed by atoms with E-state index in [2.05, 4.69) is 5.32 Å². The van der Waals surface area contributed by atoms with Crippen molar-refractivity contribution < 1.29 is 9.59 Å². The van der Waals surface area contributed by atoms with E-state index in [-0.39, 0.29) is 11.8 Å². The van der Waals surface area contributed by atoms with Gasteiger partial charge in [-0.3, -0.25) is 9.59 Å². The van der Waals surface area contributed by atoms with Crippen LogP contribution in [0.15, 0.2) is 48.5 Å². The minimum absolute atomic E-state index is 0.0517. The van der Waals surface area contributed by atoms with Gasteiger partial charge in [-0.05, 0) is 35.6 Å². The molecule has 0 heterocycles. The molecule has 2 rings (SSSR count). The summed E-state index contributed by atoms with van der Waals surface area (Å²) in [5.74, 6) is 0.127. The lowest BCUT2D eigenvalue weighted by Gasteiger charge is -2.32. The maximum Gasteiger partial charge on any atom is 0.243 e. The summed E-state index contributed by atoms with van der Waals surface area (Å²) in [6.07, 6.45) is 1.54. The van der Waals surface area contributed by atoms with Crippen LogP contribution in [0.4, 0.5) is 0 Å². The van der Waals surface area contributed by atoms with Crippen LogP contribution < -0.4 is 5.32 Å². The van der Waals surface area contributed by atoms with Crippen molar-refractivity contribution >= 4 is 35.0 Å². The fourth-order valence-corrected chi connectivity index (χ4v) is 3.49. The Morgan fingerprint density at radius 3 is 2.30 bits per heavy atom. The molecule has 1 N–H and O–H groups in total. The van der Waals surface area contributed by atoms with E-state index >= 15 is 0 Å². The molecular formula is C24H30Cl2N2O2. The van der Waals surface area contributed by atoms with Gasteiger partial charge in [-0.25, -0.2) is 0 Å². The molecule has 1 unspecified atom stereocenters. The molecule has 0 radical (unpaired) electrons. The average Bonchev–Trinajstić information content (AvgIpc) is 2.72. The first-order valence-electron chi connectivity index (χ1n) is 10.4. The lowest BCUT2D eigenvalue weighted by atomic mass is 10.0. The van der Waals surface area contributed by atoms with E-state index in [1.165, 1.54) is 0 Å². The van der Waals surface area contributed by atoms with Gasteiger partial charge in [0, 0.05) is 25.9 Å². The molecule has 1 atom stereocenters. The van der Waals surface area contributed by atoms with Crippen LogP contribution in [0.25, 0.3) is 0 Å². The quantitative estimate of drug-likeness (QED) is 0.520. The van der Waals surface area contributed by atoms with Crippen molar-refractivity contribution in [2.75, 3.05) is 6.54 Å². The Morgan fingerprint density at radius 2 is 1.70 bits per heavy atom. The van der Waals surface area contributed by atoms with Gasteiger partial charge in [0.25, 0.3) is 0 Å². The summed E-state index contributed by atoms with van der Waals surface area (Å²) in [5, 5.41) is 3.90. The number of benzene rings is 2. The molecule has 0 aliphatic carbocycles. The Balaban J connectivity index is 2.37. The number of hydrogen-bond donors (Lipinski definition) is 1. The molecular weight excluding hydrogens is 419 g/mol. The summed E-state index contributed by atoms with van der Waals surface area (Å²) in [5.41, 5.74) is 1.84. The summed E-state index contributed by atoms with van der Waals surface area (Å²) in [6, 6.07) is 14.5. The summed E-state index contributed by atoms with van der Waals surface area (Å²) in [6.45, 7) is 6.90. The van der Waals surface area contributed by atoms with Gasteiger partial charge in [-0.1, -0.05) is 80.4 Å². The van der Waals surface area contributed by atoms with E-state index in [1.54, 1.807) is 17.0 Å². The highest BCUT2D eigenvalue weighted by molar-refractivity contribution is 6.42. The molecule has 0 aromatic heterocycles. The molecule has 0 aliphatic rings. The Labute approximate surface area is 189 Å². The number of halogens is 2. The minimum Gasteiger partial charge on any atom is -0.354 e. The SMILES string of the molecule is CCCC(=O)N(Cc1ccc(Cl)c(Cl)c1)C(Cc1ccccc1)C(=O)NCC(C)C. The monoisotopic (exact) mass is 448 g/mol. The summed E-state index contributed by atoms with van der Waals surface area (Å²) >= 11 is 12.2. The third-order valence-corrected chi connectivity index (χ3v) is 5.50. The molecule has 4 nitrogen and oxygen atoms in total. The van der Waals surface area contributed by atoms with Gasteiger partial charge < -0.3 is 10.2 Å². The Morgan fingerprint density at radius 1 is 1.00 bits per heavy atom. The van der Waals surface area contributed by atoms with Crippen LogP contribution in [-0.2, 0) is 22.6 Å². The molecule has 0 saturated carbocycles. The third kappa shape index (κ3) is 7.33. The van der Waals surface area contributed by atoms with E-state index in [1.807, 2.05) is 57.2 Å². The Hall–Kier alpha value is -2.04. The highest BCUT2D eigenvalue weighted by Crippen LogP contribution is 2.24. The van der Waals surface area contributed by atoms with Gasteiger partial charge in [0.1, 0.15) is 6.04 Å². The molecule has 0 spiro atoms. The first-order valence-corrected chi connectivity index (χ1v) is 11.1. The molecule has 0 saturated heterocycles. The maximum absolute atomic E-state index is 13.2. The van der Waals surface area contributed by atoms with Gasteiger partial charge >= 0.3 is 0 Å². The first-order chi connectivity index (χ1) is 14.3. The smallest absolute Gasteiger partial charge is 0.243 e. The zero-order chi connectivity index (χ0) is 22.1. The molecule has 30 heavy (non-hydrogen) atoms. The number of amides is 2. The average molecular weight is 449 g/mol. The molecule has 0 bridgehead atoms. The third-order valence-electron chi connectivity index (χ3n) is 4.76. The topological polar surface area (TPSA) is 49.4 Å². The normalized spacial score (nSPS) is 11.9. The van der Waals surface area contributed by atoms with E-state index in [0.717, 1.165) is 11.1 Å². The van der Waals surface area contributed by atoms with Crippen LogP contribution in [0.5, 0.6) is 0 Å². The van der Waals surface area contributed by atoms with Gasteiger partial charge in [0.2, 0.25) is 11.8 Å². The fourth-order valence-electron chi connectivity index (χ4n) is 3.17. The number of hydrogen-bond acceptors (Lipinski definition) is 2. The molecule has 2 amide bonds. The molecule has 2 aromatic rings. The van der Waals surface area contributed by atoms with Crippen molar-refractivity contribution in [2.24, 2.45) is 5.92 Å². The highest BCUT2D eigenvalue weighted by atomic mass is 35.5. The standard InChI is InChI=1S/C24H30Cl2N2O2/c1-4-8-23(29)28(16-19-11-12-20(25)21(26)13-19)22(24(30)27-15-17(2)3)14-18-9-6-5-7-10-18/h5-7,9-13,17,22H,4,8,14-16H2,1-3H3,(H,27,30). The van der Waals surface area contributed by atoms with E-state index < -0.39 is 6.04 Å². The van der Waals surface area contributed by atoms with Gasteiger partial charge in [-0.2, -0.15) is 0 Å². The van der Waals surface area contributed by atoms with Crippen molar-refractivity contribution in [3.63, 3.8) is 0 Å². The zero-order valence-electron chi connectivity index (χ0n) is 17.8. The zero-order valence-corrected chi connectivity index (χ0v) is 19.3. The lowest BCUT2D eigenvalue weighted by Crippen LogP contribution is -2.51. The molecule has 0 aliphatic heterocycles. The number of rotatable bonds is 10. The van der Waals surface area contributed by atoms with Crippen molar-refractivity contribution in [1.82, 2.24) is 10.2 Å². The summed E-state index contributed by atoms with van der Waals surface area (Å²) in [4.78, 5) is 27.9. The Kier molecular flexibility index (Phi) is 9.67. The van der Waals surface area contributed by atoms with Crippen LogP contribution in [0.2, 0.25) is 10.0 Å². The van der Waals surface area contributed by atoms with Crippen LogP contribution in [0.3, 0.4) is 0 Å². The summed E-state index contributed by atoms with van der Waals surface area (Å²) in [7, 11) is 0. The van der Waals surface area contributed by atoms with Crippen LogP contribution in [0, 0.1) is 5.92 Å². The van der Waals surface area contributed by atoms with Crippen molar-refractivity contribution in [3.05, 3.63) is 69.7 Å². The molecule has 6 heteroatoms. The van der Waals surface area contributed by atoms with Crippen molar-refractivity contribution in [2.45, 2.75) is 52.6 Å². The predicted octanol–water partition coefficient (Wildman–Crippen LogP) is 5.51. The van der Waals surface area contributed by atoms with Crippen molar-refractivity contribution in [1.29, 1.82) is 0 Å². The molecule has 2 aromatic carbocycles. The van der Waals surface area contributed by atoms with Gasteiger partial charge in [0.15, 0.2) is 0 Å². The molecule has 162 valence electrons. The second-order valence-corrected chi connectivity index (χ2v) is 8.68. The van der Waals surface area contributed by atoms with Gasteiger partial charge in [0.05, 0.1) is 10.0 Å². The second-order valence-electron chi connectivity index (χ2n) is 7.86.